The van der Waals surface area contributed by atoms with E-state index < -0.39 is 0 Å². The molecule has 0 spiro atoms. The molecule has 0 fully saturated rings. The molecule has 0 rings (SSSR count). The molecule has 0 aromatic rings. The van der Waals surface area contributed by atoms with Crippen molar-refractivity contribution in [3.63, 3.8) is 0 Å². The number of esters is 1. The van der Waals surface area contributed by atoms with Gasteiger partial charge in [0.05, 0.1) is 5.33 Å². The molecule has 0 aliphatic heterocycles. The summed E-state index contributed by atoms with van der Waals surface area (Å²) in [5, 5.41) is 0.423. The zero-order valence-corrected chi connectivity index (χ0v) is 7.53. The molecule has 48 valence electrons. The molecular weight excluding hydrogens is 240 g/mol. The molecule has 0 bridgehead atoms. The van der Waals surface area contributed by atoms with E-state index in [1.807, 2.05) is 0 Å². The Balaban J connectivity index is 3.24. The van der Waals surface area contributed by atoms with Crippen molar-refractivity contribution in [2.24, 2.45) is 0 Å². The highest BCUT2D eigenvalue weighted by Crippen LogP contribution is 2.04. The molecule has 0 aliphatic rings. The molecule has 0 radical (unpaired) electrons. The zero-order valence-electron chi connectivity index (χ0n) is 4.36. The Morgan fingerprint density at radius 1 is 1.88 bits per heavy atom. The van der Waals surface area contributed by atoms with Gasteiger partial charge >= 0.3 is 5.97 Å². The van der Waals surface area contributed by atoms with Gasteiger partial charge in [-0.15, -0.1) is 0 Å². The van der Waals surface area contributed by atoms with Crippen LogP contribution in [0.2, 0.25) is 0 Å². The maximum atomic E-state index is 10.1. The van der Waals surface area contributed by atoms with Crippen LogP contribution in [-0.2, 0) is 9.53 Å². The van der Waals surface area contributed by atoms with Crippen molar-refractivity contribution >= 4 is 37.8 Å². The number of carbonyl (C=O) groups is 1. The molecule has 0 aromatic heterocycles. The van der Waals surface area contributed by atoms with Gasteiger partial charge in [-0.25, -0.2) is 0 Å². The normalized spacial score (nSPS) is 12.9. The van der Waals surface area contributed by atoms with Gasteiger partial charge in [0, 0.05) is 6.92 Å². The molecule has 0 aromatic carbocycles. The highest BCUT2D eigenvalue weighted by molar-refractivity contribution is 9.12. The van der Waals surface area contributed by atoms with Crippen LogP contribution in [-0.4, -0.2) is 16.3 Å². The minimum Gasteiger partial charge on any atom is -0.450 e. The number of alkyl halides is 2. The summed E-state index contributed by atoms with van der Waals surface area (Å²) >= 11 is 6.21. The van der Waals surface area contributed by atoms with Crippen molar-refractivity contribution in [1.29, 1.82) is 0 Å². The van der Waals surface area contributed by atoms with Crippen LogP contribution in [0.3, 0.4) is 0 Å². The third-order valence-electron chi connectivity index (χ3n) is 0.415. The van der Waals surface area contributed by atoms with Crippen LogP contribution >= 0.6 is 31.9 Å². The Morgan fingerprint density at radius 2 is 2.38 bits per heavy atom. The number of ether oxygens (including phenoxy) is 1. The summed E-state index contributed by atoms with van der Waals surface area (Å²) in [6, 6.07) is 0. The average Bonchev–Trinajstić information content (AvgIpc) is 1.65. The van der Waals surface area contributed by atoms with Crippen LogP contribution in [0, 0.1) is 0 Å². The predicted molar refractivity (Wildman–Crippen MR) is 38.3 cm³/mol. The van der Waals surface area contributed by atoms with E-state index in [4.69, 9.17) is 0 Å². The minimum atomic E-state index is -0.272. The Hall–Kier alpha value is 0.430. The molecule has 0 N–H and O–H groups in total. The summed E-state index contributed by atoms with van der Waals surface area (Å²) < 4.78 is 4.63. The van der Waals surface area contributed by atoms with Crippen LogP contribution in [0.5, 0.6) is 0 Å². The average molecular weight is 246 g/mol. The van der Waals surface area contributed by atoms with Gasteiger partial charge in [-0.2, -0.15) is 0 Å². The first kappa shape index (κ1) is 8.43. The lowest BCUT2D eigenvalue weighted by atomic mass is 10.8. The summed E-state index contributed by atoms with van der Waals surface area (Å²) in [4.78, 5) is 10.1. The highest BCUT2D eigenvalue weighted by atomic mass is 79.9. The molecule has 0 heterocycles. The van der Waals surface area contributed by atoms with E-state index >= 15 is 0 Å². The third kappa shape index (κ3) is 4.59. The molecule has 0 saturated heterocycles. The Labute approximate surface area is 64.8 Å². The highest BCUT2D eigenvalue weighted by Gasteiger charge is 2.02. The first-order valence-corrected chi connectivity index (χ1v) is 4.07. The quantitative estimate of drug-likeness (QED) is 0.547. The number of rotatable bonds is 2. The van der Waals surface area contributed by atoms with Gasteiger partial charge in [-0.1, -0.05) is 15.9 Å². The fourth-order valence-electron chi connectivity index (χ4n) is 0.212. The maximum Gasteiger partial charge on any atom is 0.303 e. The maximum absolute atomic E-state index is 10.1. The predicted octanol–water partition coefficient (Wildman–Crippen LogP) is 1.67. The van der Waals surface area contributed by atoms with Gasteiger partial charge in [0.25, 0.3) is 0 Å². The summed E-state index contributed by atoms with van der Waals surface area (Å²) in [5.74, 6) is -0.272. The van der Waals surface area contributed by atoms with Gasteiger partial charge < -0.3 is 4.74 Å². The van der Waals surface area contributed by atoms with Gasteiger partial charge in [0.2, 0.25) is 0 Å². The molecular formula is C4H6Br2O2. The van der Waals surface area contributed by atoms with E-state index in [9.17, 15) is 4.79 Å². The summed E-state index contributed by atoms with van der Waals surface area (Å²) in [5.41, 5.74) is 0. The fraction of sp³-hybridized carbons (Fsp3) is 0.750. The first-order chi connectivity index (χ1) is 3.66. The zero-order chi connectivity index (χ0) is 6.57. The van der Waals surface area contributed by atoms with E-state index in [1.54, 1.807) is 0 Å². The SMILES string of the molecule is CC(=O)O[C@@H](Br)CBr. The second-order valence-electron chi connectivity index (χ2n) is 1.17. The lowest BCUT2D eigenvalue weighted by Gasteiger charge is -2.03. The number of halogens is 2. The summed E-state index contributed by atoms with van der Waals surface area (Å²) in [6.45, 7) is 1.37. The molecule has 0 aliphatic carbocycles. The Morgan fingerprint density at radius 3 is 2.50 bits per heavy atom. The molecule has 0 amide bonds. The lowest BCUT2D eigenvalue weighted by Crippen LogP contribution is -2.09. The van der Waals surface area contributed by atoms with E-state index in [2.05, 4.69) is 36.6 Å². The lowest BCUT2D eigenvalue weighted by molar-refractivity contribution is -0.141. The van der Waals surface area contributed by atoms with Gasteiger partial charge in [0.1, 0.15) is 0 Å². The van der Waals surface area contributed by atoms with Crippen molar-refractivity contribution in [3.05, 3.63) is 0 Å². The summed E-state index contributed by atoms with van der Waals surface area (Å²) in [7, 11) is 0. The third-order valence-corrected chi connectivity index (χ3v) is 2.38. The molecule has 4 heteroatoms. The standard InChI is InChI=1S/C4H6Br2O2/c1-3(7)8-4(6)2-5/h4H,2H2,1H3/t4-/m1/s1. The number of hydrogen-bond acceptors (Lipinski definition) is 2. The van der Waals surface area contributed by atoms with Crippen molar-refractivity contribution < 1.29 is 9.53 Å². The van der Waals surface area contributed by atoms with E-state index in [-0.39, 0.29) is 11.0 Å². The first-order valence-electron chi connectivity index (χ1n) is 2.04. The van der Waals surface area contributed by atoms with E-state index in [0.717, 1.165) is 0 Å². The van der Waals surface area contributed by atoms with Crippen molar-refractivity contribution in [1.82, 2.24) is 0 Å². The van der Waals surface area contributed by atoms with Gasteiger partial charge in [-0.3, -0.25) is 4.79 Å². The molecule has 2 nitrogen and oxygen atoms in total. The second kappa shape index (κ2) is 4.32. The summed E-state index contributed by atoms with van der Waals surface area (Å²) in [6.07, 6.45) is 0. The largest absolute Gasteiger partial charge is 0.450 e. The minimum absolute atomic E-state index is 0.194. The van der Waals surface area contributed by atoms with Crippen LogP contribution in [0.25, 0.3) is 0 Å². The Kier molecular flexibility index (Phi) is 4.56. The van der Waals surface area contributed by atoms with Crippen LogP contribution in [0.15, 0.2) is 0 Å². The molecule has 0 unspecified atom stereocenters. The monoisotopic (exact) mass is 244 g/mol. The van der Waals surface area contributed by atoms with Crippen LogP contribution < -0.4 is 0 Å². The smallest absolute Gasteiger partial charge is 0.303 e. The van der Waals surface area contributed by atoms with E-state index in [1.165, 1.54) is 6.92 Å². The fourth-order valence-corrected chi connectivity index (χ4v) is 0.607. The topological polar surface area (TPSA) is 26.3 Å². The van der Waals surface area contributed by atoms with Crippen molar-refractivity contribution in [3.8, 4) is 0 Å². The van der Waals surface area contributed by atoms with Crippen LogP contribution in [0.4, 0.5) is 0 Å². The van der Waals surface area contributed by atoms with Crippen molar-refractivity contribution in [2.75, 3.05) is 5.33 Å². The van der Waals surface area contributed by atoms with Gasteiger partial charge in [-0.05, 0) is 15.9 Å². The van der Waals surface area contributed by atoms with Gasteiger partial charge in [0.15, 0.2) is 5.01 Å². The molecule has 0 saturated carbocycles. The van der Waals surface area contributed by atoms with E-state index in [0.29, 0.717) is 5.33 Å². The van der Waals surface area contributed by atoms with Crippen LogP contribution in [0.1, 0.15) is 6.92 Å². The second-order valence-corrected chi connectivity index (χ2v) is 2.84. The Bertz CT molecular complexity index is 84.1. The van der Waals surface area contributed by atoms with Crippen molar-refractivity contribution in [2.45, 2.75) is 11.9 Å². The number of carbonyl (C=O) groups excluding carboxylic acids is 1. The number of hydrogen-bond donors (Lipinski definition) is 0. The molecule has 8 heavy (non-hydrogen) atoms. The molecule has 1 atom stereocenters.